The van der Waals surface area contributed by atoms with Gasteiger partial charge in [-0.3, -0.25) is 9.99 Å². The van der Waals surface area contributed by atoms with Crippen LogP contribution in [-0.4, -0.2) is 35.6 Å². The van der Waals surface area contributed by atoms with Crippen LogP contribution in [0.15, 0.2) is 115 Å². The van der Waals surface area contributed by atoms with E-state index in [-0.39, 0.29) is 6.17 Å². The van der Waals surface area contributed by atoms with Gasteiger partial charge in [0.15, 0.2) is 0 Å². The molecule has 4 heteroatoms. The molecule has 1 aliphatic heterocycles. The summed E-state index contributed by atoms with van der Waals surface area (Å²) in [4.78, 5) is 4.84. The summed E-state index contributed by atoms with van der Waals surface area (Å²) < 4.78 is 0. The Hall–Kier alpha value is -2.71. The van der Waals surface area contributed by atoms with Crippen LogP contribution in [-0.2, 0) is 5.54 Å². The molecule has 1 heterocycles. The molecule has 0 saturated carbocycles. The van der Waals surface area contributed by atoms with Gasteiger partial charge >= 0.3 is 0 Å². The van der Waals surface area contributed by atoms with E-state index in [1.165, 1.54) is 22.3 Å². The number of hydrogen-bond donors (Lipinski definition) is 1. The third-order valence-corrected chi connectivity index (χ3v) is 6.84. The van der Waals surface area contributed by atoms with Crippen LogP contribution in [0.1, 0.15) is 23.6 Å². The third-order valence-electron chi connectivity index (χ3n) is 6.60. The largest absolute Gasteiger partial charge is 0.341 e. The highest BCUT2D eigenvalue weighted by molar-refractivity contribution is 7.13. The molecular weight excluding hydrogens is 409 g/mol. The number of nitrogens with zero attached hydrogens (tertiary/aromatic N) is 2. The van der Waals surface area contributed by atoms with Gasteiger partial charge < -0.3 is 4.90 Å². The Morgan fingerprint density at radius 2 is 1.34 bits per heavy atom. The summed E-state index contributed by atoms with van der Waals surface area (Å²) in [5.74, 6) is 0. The predicted molar refractivity (Wildman–Crippen MR) is 138 cm³/mol. The summed E-state index contributed by atoms with van der Waals surface area (Å²) >= 11 is 0. The Kier molecular flexibility index (Phi) is 6.91. The summed E-state index contributed by atoms with van der Waals surface area (Å²) in [5, 5.41) is 3.27. The van der Waals surface area contributed by atoms with E-state index in [0.717, 1.165) is 6.54 Å². The predicted octanol–water partition coefficient (Wildman–Crippen LogP) is 5.39. The van der Waals surface area contributed by atoms with E-state index >= 15 is 0 Å². The Balaban J connectivity index is 2.00. The van der Waals surface area contributed by atoms with Gasteiger partial charge in [0.2, 0.25) is 0 Å². The molecule has 0 amide bonds. The second-order valence-corrected chi connectivity index (χ2v) is 8.72. The molecule has 4 rings (SSSR count). The average molecular weight is 442 g/mol. The lowest BCUT2D eigenvalue weighted by atomic mass is 9.75. The number of rotatable bonds is 8. The van der Waals surface area contributed by atoms with E-state index in [2.05, 4.69) is 142 Å². The van der Waals surface area contributed by atoms with Gasteiger partial charge in [-0.25, -0.2) is 0 Å². The summed E-state index contributed by atoms with van der Waals surface area (Å²) in [6, 6.07) is 32.6. The highest BCUT2D eigenvalue weighted by atomic mass is 31.0. The van der Waals surface area contributed by atoms with Crippen LogP contribution in [0.5, 0.6) is 0 Å². The lowest BCUT2D eigenvalue weighted by Gasteiger charge is -2.49. The Labute approximate surface area is 194 Å². The van der Waals surface area contributed by atoms with Crippen LogP contribution < -0.4 is 5.09 Å². The third kappa shape index (κ3) is 3.82. The molecule has 1 N–H and O–H groups in total. The standard InChI is InChI=1S/C28H32N3P/c1-4-31(27-20-22(2)26(21-29-32)30(27)3)28(23-14-8-5-9-15-23,24-16-10-6-11-17-24)25-18-12-7-13-19-25/h4-20,26-27,29H,1,21,32H2,2-3H3. The van der Waals surface area contributed by atoms with Gasteiger partial charge in [-0.1, -0.05) is 113 Å². The van der Waals surface area contributed by atoms with Crippen molar-refractivity contribution < 1.29 is 0 Å². The molecule has 3 aromatic carbocycles. The van der Waals surface area contributed by atoms with Crippen molar-refractivity contribution in [2.75, 3.05) is 13.6 Å². The molecule has 0 radical (unpaired) electrons. The summed E-state index contributed by atoms with van der Waals surface area (Å²) in [5.41, 5.74) is 4.46. The Morgan fingerprint density at radius 3 is 1.72 bits per heavy atom. The number of benzene rings is 3. The fourth-order valence-electron chi connectivity index (χ4n) is 5.09. The normalized spacial score (nSPS) is 18.9. The molecule has 0 spiro atoms. The maximum Gasteiger partial charge on any atom is 0.117 e. The highest BCUT2D eigenvalue weighted by Crippen LogP contribution is 2.45. The van der Waals surface area contributed by atoms with Gasteiger partial charge in [0.05, 0.1) is 0 Å². The molecule has 0 fully saturated rings. The molecule has 1 aliphatic rings. The number of likely N-dealkylation sites (N-methyl/N-ethyl adjacent to an activating group) is 1. The van der Waals surface area contributed by atoms with Crippen molar-refractivity contribution in [2.24, 2.45) is 0 Å². The van der Waals surface area contributed by atoms with Crippen molar-refractivity contribution in [3.63, 3.8) is 0 Å². The maximum atomic E-state index is 4.33. The minimum absolute atomic E-state index is 0.0523. The summed E-state index contributed by atoms with van der Waals surface area (Å²) in [6.45, 7) is 7.43. The first-order chi connectivity index (χ1) is 15.6. The van der Waals surface area contributed by atoms with E-state index in [9.17, 15) is 0 Å². The summed E-state index contributed by atoms with van der Waals surface area (Å²) in [6.07, 6.45) is 4.43. The molecule has 3 unspecified atom stereocenters. The lowest BCUT2D eigenvalue weighted by molar-refractivity contribution is 0.0761. The first-order valence-electron chi connectivity index (χ1n) is 11.1. The highest BCUT2D eigenvalue weighted by Gasteiger charge is 2.46. The van der Waals surface area contributed by atoms with Crippen LogP contribution in [0.4, 0.5) is 0 Å². The van der Waals surface area contributed by atoms with E-state index < -0.39 is 5.54 Å². The molecule has 0 saturated heterocycles. The van der Waals surface area contributed by atoms with Crippen molar-refractivity contribution in [3.05, 3.63) is 132 Å². The molecule has 0 bridgehead atoms. The molecule has 164 valence electrons. The second-order valence-electron chi connectivity index (χ2n) is 8.31. The van der Waals surface area contributed by atoms with E-state index in [1.54, 1.807) is 0 Å². The van der Waals surface area contributed by atoms with E-state index in [0.29, 0.717) is 6.04 Å². The Bertz CT molecular complexity index is 953. The van der Waals surface area contributed by atoms with Crippen LogP contribution in [0.3, 0.4) is 0 Å². The molecule has 3 aromatic rings. The zero-order valence-electron chi connectivity index (χ0n) is 18.9. The zero-order valence-corrected chi connectivity index (χ0v) is 20.0. The van der Waals surface area contributed by atoms with Gasteiger partial charge in [-0.15, -0.1) is 0 Å². The molecule has 3 atom stereocenters. The molecule has 0 aliphatic carbocycles. The number of nitrogens with one attached hydrogen (secondary N) is 1. The SMILES string of the molecule is C=CN(C1C=C(C)C(CNP)N1C)C(c1ccccc1)(c1ccccc1)c1ccccc1. The molecule has 0 aromatic heterocycles. The first kappa shape index (κ1) is 22.5. The summed E-state index contributed by atoms with van der Waals surface area (Å²) in [7, 11) is 4.83. The quantitative estimate of drug-likeness (QED) is 0.287. The van der Waals surface area contributed by atoms with Crippen LogP contribution in [0.25, 0.3) is 0 Å². The first-order valence-corrected chi connectivity index (χ1v) is 11.6. The fourth-order valence-corrected chi connectivity index (χ4v) is 5.31. The monoisotopic (exact) mass is 441 g/mol. The molecule has 32 heavy (non-hydrogen) atoms. The lowest BCUT2D eigenvalue weighted by Crippen LogP contribution is -2.55. The second kappa shape index (κ2) is 9.83. The number of hydrogen-bond acceptors (Lipinski definition) is 3. The fraction of sp³-hybridized carbons (Fsp3) is 0.214. The minimum Gasteiger partial charge on any atom is -0.341 e. The van der Waals surface area contributed by atoms with E-state index in [1.807, 2.05) is 6.20 Å². The maximum absolute atomic E-state index is 4.33. The van der Waals surface area contributed by atoms with Crippen molar-refractivity contribution in [1.29, 1.82) is 0 Å². The van der Waals surface area contributed by atoms with Gasteiger partial charge in [0.25, 0.3) is 0 Å². The Morgan fingerprint density at radius 1 is 0.906 bits per heavy atom. The molecular formula is C28H32N3P. The smallest absolute Gasteiger partial charge is 0.117 e. The van der Waals surface area contributed by atoms with E-state index in [4.69, 9.17) is 0 Å². The van der Waals surface area contributed by atoms with Crippen LogP contribution in [0.2, 0.25) is 0 Å². The molecule has 3 nitrogen and oxygen atoms in total. The van der Waals surface area contributed by atoms with Crippen molar-refractivity contribution in [2.45, 2.75) is 24.7 Å². The van der Waals surface area contributed by atoms with Crippen LogP contribution >= 0.6 is 9.39 Å². The average Bonchev–Trinajstić information content (AvgIpc) is 3.12. The topological polar surface area (TPSA) is 18.5 Å². The van der Waals surface area contributed by atoms with Crippen molar-refractivity contribution in [3.8, 4) is 0 Å². The van der Waals surface area contributed by atoms with Crippen LogP contribution in [0, 0.1) is 0 Å². The van der Waals surface area contributed by atoms with Gasteiger partial charge in [0, 0.05) is 12.6 Å². The zero-order chi connectivity index (χ0) is 22.6. The van der Waals surface area contributed by atoms with Crippen molar-refractivity contribution >= 4 is 9.39 Å². The van der Waals surface area contributed by atoms with Gasteiger partial charge in [-0.05, 0) is 42.9 Å². The minimum atomic E-state index is -0.537. The van der Waals surface area contributed by atoms with Gasteiger partial charge in [0.1, 0.15) is 11.7 Å². The van der Waals surface area contributed by atoms with Crippen molar-refractivity contribution in [1.82, 2.24) is 14.9 Å². The van der Waals surface area contributed by atoms with Gasteiger partial charge in [-0.2, -0.15) is 0 Å².